The van der Waals surface area contributed by atoms with E-state index in [1.165, 1.54) is 12.1 Å². The molecule has 1 aromatic heterocycles. The SMILES string of the molecule is N#Cc1ccccc1-c1ccc(C(=O)NCCN2C(=O)CC[C@H]2CN)c(NCCc2cccc(F)c2)n1. The van der Waals surface area contributed by atoms with Crippen LogP contribution in [0.4, 0.5) is 10.2 Å². The second kappa shape index (κ2) is 12.1. The van der Waals surface area contributed by atoms with Crippen molar-refractivity contribution < 1.29 is 14.0 Å². The molecule has 4 N–H and O–H groups in total. The first-order valence-electron chi connectivity index (χ1n) is 12.3. The van der Waals surface area contributed by atoms with Crippen LogP contribution in [0, 0.1) is 17.1 Å². The summed E-state index contributed by atoms with van der Waals surface area (Å²) in [6.45, 7) is 1.48. The summed E-state index contributed by atoms with van der Waals surface area (Å²) in [5, 5.41) is 15.6. The number of hydrogen-bond donors (Lipinski definition) is 3. The first-order valence-corrected chi connectivity index (χ1v) is 12.3. The molecular weight excluding hydrogens is 471 g/mol. The summed E-state index contributed by atoms with van der Waals surface area (Å²) in [5.41, 5.74) is 8.60. The molecule has 0 aliphatic carbocycles. The molecule has 0 saturated carbocycles. The number of benzene rings is 2. The average molecular weight is 501 g/mol. The van der Waals surface area contributed by atoms with E-state index in [4.69, 9.17) is 5.73 Å². The Morgan fingerprint density at radius 3 is 2.78 bits per heavy atom. The van der Waals surface area contributed by atoms with Gasteiger partial charge in [-0.15, -0.1) is 0 Å². The number of nitrogens with zero attached hydrogens (tertiary/aromatic N) is 3. The number of pyridine rings is 1. The quantitative estimate of drug-likeness (QED) is 0.393. The summed E-state index contributed by atoms with van der Waals surface area (Å²) in [5.74, 6) is -0.237. The van der Waals surface area contributed by atoms with Crippen molar-refractivity contribution in [2.45, 2.75) is 25.3 Å². The van der Waals surface area contributed by atoms with E-state index in [9.17, 15) is 19.2 Å². The minimum atomic E-state index is -0.336. The van der Waals surface area contributed by atoms with Gasteiger partial charge in [-0.05, 0) is 48.7 Å². The van der Waals surface area contributed by atoms with Crippen LogP contribution >= 0.6 is 0 Å². The van der Waals surface area contributed by atoms with Gasteiger partial charge >= 0.3 is 0 Å². The number of nitrogens with one attached hydrogen (secondary N) is 2. The monoisotopic (exact) mass is 500 g/mol. The lowest BCUT2D eigenvalue weighted by Gasteiger charge is -2.23. The Balaban J connectivity index is 1.51. The highest BCUT2D eigenvalue weighted by Crippen LogP contribution is 2.25. The van der Waals surface area contributed by atoms with E-state index in [0.29, 0.717) is 60.7 Å². The molecule has 2 aromatic carbocycles. The van der Waals surface area contributed by atoms with Crippen molar-refractivity contribution in [3.8, 4) is 17.3 Å². The highest BCUT2D eigenvalue weighted by molar-refractivity contribution is 5.99. The third-order valence-electron chi connectivity index (χ3n) is 6.42. The number of hydrogen-bond acceptors (Lipinski definition) is 6. The fraction of sp³-hybridized carbons (Fsp3) is 0.286. The van der Waals surface area contributed by atoms with Crippen molar-refractivity contribution >= 4 is 17.6 Å². The highest BCUT2D eigenvalue weighted by Gasteiger charge is 2.29. The van der Waals surface area contributed by atoms with E-state index in [2.05, 4.69) is 21.7 Å². The number of rotatable bonds is 10. The summed E-state index contributed by atoms with van der Waals surface area (Å²) in [6, 6.07) is 19.0. The smallest absolute Gasteiger partial charge is 0.255 e. The van der Waals surface area contributed by atoms with Crippen molar-refractivity contribution in [3.05, 3.63) is 83.2 Å². The standard InChI is InChI=1S/C28H29FN6O2/c29-21-6-3-4-19(16-21)12-13-32-27-24(9-10-25(34-27)23-7-2-1-5-20(23)17-30)28(37)33-14-15-35-22(18-31)8-11-26(35)36/h1-7,9-10,16,22H,8,11-15,18,31H2,(H,32,34)(H,33,37)/t22-/m0/s1. The maximum absolute atomic E-state index is 13.6. The van der Waals surface area contributed by atoms with Crippen LogP contribution in [0.1, 0.15) is 34.3 Å². The first kappa shape index (κ1) is 25.8. The number of nitriles is 1. The van der Waals surface area contributed by atoms with Gasteiger partial charge in [0.15, 0.2) is 0 Å². The lowest BCUT2D eigenvalue weighted by atomic mass is 10.0. The number of amides is 2. The van der Waals surface area contributed by atoms with Crippen LogP contribution in [0.2, 0.25) is 0 Å². The topological polar surface area (TPSA) is 124 Å². The summed E-state index contributed by atoms with van der Waals surface area (Å²) in [7, 11) is 0. The normalized spacial score (nSPS) is 14.9. The van der Waals surface area contributed by atoms with Crippen LogP contribution in [-0.2, 0) is 11.2 Å². The van der Waals surface area contributed by atoms with Crippen LogP contribution in [0.5, 0.6) is 0 Å². The van der Waals surface area contributed by atoms with Crippen molar-refractivity contribution in [1.82, 2.24) is 15.2 Å². The van der Waals surface area contributed by atoms with Gasteiger partial charge in [-0.1, -0.05) is 30.3 Å². The largest absolute Gasteiger partial charge is 0.369 e. The number of halogens is 1. The zero-order valence-electron chi connectivity index (χ0n) is 20.4. The van der Waals surface area contributed by atoms with Crippen molar-refractivity contribution in [1.29, 1.82) is 5.26 Å². The third-order valence-corrected chi connectivity index (χ3v) is 6.42. The van der Waals surface area contributed by atoms with Crippen LogP contribution in [0.25, 0.3) is 11.3 Å². The Bertz CT molecular complexity index is 1320. The van der Waals surface area contributed by atoms with Crippen LogP contribution in [0.3, 0.4) is 0 Å². The average Bonchev–Trinajstić information content (AvgIpc) is 3.27. The Labute approximate surface area is 215 Å². The molecule has 1 aliphatic heterocycles. The Kier molecular flexibility index (Phi) is 8.44. The van der Waals surface area contributed by atoms with Gasteiger partial charge in [0.1, 0.15) is 11.6 Å². The van der Waals surface area contributed by atoms with E-state index in [-0.39, 0.29) is 30.2 Å². The van der Waals surface area contributed by atoms with Crippen molar-refractivity contribution in [3.63, 3.8) is 0 Å². The minimum Gasteiger partial charge on any atom is -0.369 e. The molecule has 4 rings (SSSR count). The van der Waals surface area contributed by atoms with Gasteiger partial charge in [-0.3, -0.25) is 9.59 Å². The molecule has 190 valence electrons. The van der Waals surface area contributed by atoms with Gasteiger partial charge in [0.25, 0.3) is 5.91 Å². The molecule has 1 aliphatic rings. The van der Waals surface area contributed by atoms with Gasteiger partial charge in [-0.2, -0.15) is 5.26 Å². The molecule has 2 heterocycles. The maximum atomic E-state index is 13.6. The summed E-state index contributed by atoms with van der Waals surface area (Å²) < 4.78 is 13.6. The maximum Gasteiger partial charge on any atom is 0.255 e. The van der Waals surface area contributed by atoms with Crippen LogP contribution < -0.4 is 16.4 Å². The lowest BCUT2D eigenvalue weighted by molar-refractivity contribution is -0.128. The van der Waals surface area contributed by atoms with Gasteiger partial charge in [0, 0.05) is 44.2 Å². The van der Waals surface area contributed by atoms with Crippen LogP contribution in [-0.4, -0.2) is 53.9 Å². The number of anilines is 1. The first-order chi connectivity index (χ1) is 18.0. The number of aromatic nitrogens is 1. The molecule has 8 nitrogen and oxygen atoms in total. The van der Waals surface area contributed by atoms with E-state index in [0.717, 1.165) is 12.0 Å². The molecule has 3 aromatic rings. The number of carbonyl (C=O) groups is 2. The molecule has 37 heavy (non-hydrogen) atoms. The van der Waals surface area contributed by atoms with E-state index in [1.807, 2.05) is 12.1 Å². The fourth-order valence-corrected chi connectivity index (χ4v) is 4.48. The number of nitrogens with two attached hydrogens (primary N) is 1. The Morgan fingerprint density at radius 2 is 2.00 bits per heavy atom. The summed E-state index contributed by atoms with van der Waals surface area (Å²) in [4.78, 5) is 31.6. The number of carbonyl (C=O) groups excluding carboxylic acids is 2. The van der Waals surface area contributed by atoms with E-state index in [1.54, 1.807) is 41.3 Å². The second-order valence-corrected chi connectivity index (χ2v) is 8.83. The van der Waals surface area contributed by atoms with Gasteiger partial charge in [-0.25, -0.2) is 9.37 Å². The molecule has 0 spiro atoms. The second-order valence-electron chi connectivity index (χ2n) is 8.83. The molecule has 1 atom stereocenters. The molecule has 0 bridgehead atoms. The molecule has 0 unspecified atom stereocenters. The fourth-order valence-electron chi connectivity index (χ4n) is 4.48. The zero-order chi connectivity index (χ0) is 26.2. The predicted octanol–water partition coefficient (Wildman–Crippen LogP) is 3.09. The molecule has 2 amide bonds. The highest BCUT2D eigenvalue weighted by atomic mass is 19.1. The Morgan fingerprint density at radius 1 is 1.16 bits per heavy atom. The van der Waals surface area contributed by atoms with Gasteiger partial charge in [0.05, 0.1) is 22.9 Å². The number of likely N-dealkylation sites (tertiary alicyclic amines) is 1. The molecular formula is C28H29FN6O2. The summed E-state index contributed by atoms with van der Waals surface area (Å²) >= 11 is 0. The predicted molar refractivity (Wildman–Crippen MR) is 139 cm³/mol. The van der Waals surface area contributed by atoms with E-state index >= 15 is 0 Å². The van der Waals surface area contributed by atoms with Crippen LogP contribution in [0.15, 0.2) is 60.7 Å². The van der Waals surface area contributed by atoms with Gasteiger partial charge in [0.2, 0.25) is 5.91 Å². The Hall–Kier alpha value is -4.29. The van der Waals surface area contributed by atoms with Gasteiger partial charge < -0.3 is 21.3 Å². The molecule has 9 heteroatoms. The van der Waals surface area contributed by atoms with E-state index < -0.39 is 0 Å². The van der Waals surface area contributed by atoms with Crippen molar-refractivity contribution in [2.75, 3.05) is 31.5 Å². The molecule has 0 radical (unpaired) electrons. The zero-order valence-corrected chi connectivity index (χ0v) is 20.4. The summed E-state index contributed by atoms with van der Waals surface area (Å²) in [6.07, 6.45) is 1.74. The van der Waals surface area contributed by atoms with Crippen molar-refractivity contribution in [2.24, 2.45) is 5.73 Å². The third kappa shape index (κ3) is 6.29. The lowest BCUT2D eigenvalue weighted by Crippen LogP contribution is -2.42. The molecule has 1 saturated heterocycles. The minimum absolute atomic E-state index is 0.00519. The molecule has 1 fully saturated rings.